The number of carbonyl (C=O) groups is 1. The fraction of sp³-hybridized carbons (Fsp3) is 0.417. The summed E-state index contributed by atoms with van der Waals surface area (Å²) in [6.07, 6.45) is 0. The van der Waals surface area contributed by atoms with Gasteiger partial charge in [-0.2, -0.15) is 0 Å². The van der Waals surface area contributed by atoms with Crippen LogP contribution in [0.2, 0.25) is 0 Å². The van der Waals surface area contributed by atoms with Crippen LogP contribution in [-0.4, -0.2) is 23.6 Å². The van der Waals surface area contributed by atoms with Crippen LogP contribution in [0.1, 0.15) is 19.4 Å². The van der Waals surface area contributed by atoms with Crippen LogP contribution in [0.4, 0.5) is 5.69 Å². The molecule has 4 nitrogen and oxygen atoms in total. The zero-order chi connectivity index (χ0) is 13.0. The molecule has 1 aromatic rings. The van der Waals surface area contributed by atoms with Gasteiger partial charge in [0.05, 0.1) is 13.2 Å². The van der Waals surface area contributed by atoms with Gasteiger partial charge in [0.25, 0.3) is 0 Å². The molecule has 0 aliphatic rings. The van der Waals surface area contributed by atoms with Crippen molar-refractivity contribution in [1.82, 2.24) is 0 Å². The highest BCUT2D eigenvalue weighted by Gasteiger charge is 2.16. The lowest BCUT2D eigenvalue weighted by Gasteiger charge is -2.29. The highest BCUT2D eigenvalue weighted by Crippen LogP contribution is 2.26. The number of aliphatic hydroxyl groups is 1. The Bertz CT molecular complexity index is 407. The third-order valence-corrected chi connectivity index (χ3v) is 2.96. The number of hydrogen-bond donors (Lipinski definition) is 2. The lowest BCUT2D eigenvalue weighted by atomic mass is 10.1. The maximum atomic E-state index is 11.1. The molecule has 0 radical (unpaired) electrons. The molecule has 0 fully saturated rings. The summed E-state index contributed by atoms with van der Waals surface area (Å²) in [5, 5.41) is 9.34. The molecule has 3 N–H and O–H groups in total. The normalized spacial score (nSPS) is 10.6. The average molecular weight is 301 g/mol. The molecule has 0 saturated carbocycles. The number of halogens is 1. The molecule has 1 amide bonds. The Hall–Kier alpha value is -1.07. The first-order valence-corrected chi connectivity index (χ1v) is 6.19. The smallest absolute Gasteiger partial charge is 0.236 e. The molecule has 0 spiro atoms. The van der Waals surface area contributed by atoms with Crippen molar-refractivity contribution in [3.63, 3.8) is 0 Å². The van der Waals surface area contributed by atoms with E-state index < -0.39 is 0 Å². The van der Waals surface area contributed by atoms with E-state index in [1.165, 1.54) is 0 Å². The van der Waals surface area contributed by atoms with Crippen molar-refractivity contribution < 1.29 is 9.90 Å². The van der Waals surface area contributed by atoms with Gasteiger partial charge in [-0.1, -0.05) is 15.9 Å². The number of carbonyl (C=O) groups excluding carboxylic acids is 1. The zero-order valence-electron chi connectivity index (χ0n) is 9.98. The Morgan fingerprint density at radius 1 is 1.53 bits per heavy atom. The third-order valence-electron chi connectivity index (χ3n) is 2.47. The highest BCUT2D eigenvalue weighted by molar-refractivity contribution is 9.10. The quantitative estimate of drug-likeness (QED) is 0.869. The first kappa shape index (κ1) is 14.0. The maximum absolute atomic E-state index is 11.1. The average Bonchev–Trinajstić information content (AvgIpc) is 2.25. The van der Waals surface area contributed by atoms with Crippen LogP contribution in [0.3, 0.4) is 0 Å². The van der Waals surface area contributed by atoms with Crippen LogP contribution in [0, 0.1) is 0 Å². The molecule has 17 heavy (non-hydrogen) atoms. The first-order valence-electron chi connectivity index (χ1n) is 5.40. The van der Waals surface area contributed by atoms with Gasteiger partial charge >= 0.3 is 0 Å². The fourth-order valence-corrected chi connectivity index (χ4v) is 2.08. The van der Waals surface area contributed by atoms with Gasteiger partial charge in [0, 0.05) is 21.8 Å². The van der Waals surface area contributed by atoms with Crippen molar-refractivity contribution in [2.75, 3.05) is 11.4 Å². The number of nitrogens with zero attached hydrogens (tertiary/aromatic N) is 1. The van der Waals surface area contributed by atoms with Crippen LogP contribution in [0.15, 0.2) is 22.7 Å². The van der Waals surface area contributed by atoms with E-state index >= 15 is 0 Å². The first-order chi connectivity index (χ1) is 7.95. The summed E-state index contributed by atoms with van der Waals surface area (Å²) in [5.74, 6) is -0.384. The molecular formula is C12H17BrN2O2. The molecule has 0 aliphatic heterocycles. The lowest BCUT2D eigenvalue weighted by molar-refractivity contribution is -0.116. The van der Waals surface area contributed by atoms with Gasteiger partial charge in [0.15, 0.2) is 0 Å². The van der Waals surface area contributed by atoms with Crippen molar-refractivity contribution in [3.8, 4) is 0 Å². The van der Waals surface area contributed by atoms with Gasteiger partial charge in [0.2, 0.25) is 5.91 Å². The molecule has 0 heterocycles. The molecular weight excluding hydrogens is 284 g/mol. The Kier molecular flexibility index (Phi) is 4.96. The van der Waals surface area contributed by atoms with Crippen LogP contribution in [-0.2, 0) is 11.4 Å². The number of primary amides is 1. The summed E-state index contributed by atoms with van der Waals surface area (Å²) < 4.78 is 0.896. The zero-order valence-corrected chi connectivity index (χ0v) is 11.6. The topological polar surface area (TPSA) is 66.6 Å². The number of anilines is 1. The molecule has 0 atom stereocenters. The summed E-state index contributed by atoms with van der Waals surface area (Å²) in [6, 6.07) is 5.73. The number of amides is 1. The van der Waals surface area contributed by atoms with Crippen molar-refractivity contribution >= 4 is 27.5 Å². The Balaban J connectivity index is 3.13. The summed E-state index contributed by atoms with van der Waals surface area (Å²) in [7, 11) is 0. The summed E-state index contributed by atoms with van der Waals surface area (Å²) in [4.78, 5) is 12.9. The molecule has 1 aromatic carbocycles. The van der Waals surface area contributed by atoms with Crippen molar-refractivity contribution in [2.45, 2.75) is 26.5 Å². The molecule has 0 aromatic heterocycles. The predicted octanol–water partition coefficient (Wildman–Crippen LogP) is 1.64. The van der Waals surface area contributed by atoms with E-state index in [2.05, 4.69) is 15.9 Å². The van der Waals surface area contributed by atoms with E-state index in [4.69, 9.17) is 5.73 Å². The largest absolute Gasteiger partial charge is 0.392 e. The van der Waals surface area contributed by atoms with Crippen LogP contribution >= 0.6 is 15.9 Å². The lowest BCUT2D eigenvalue weighted by Crippen LogP contribution is -2.39. The molecule has 1 rings (SSSR count). The minimum atomic E-state index is -0.384. The second-order valence-electron chi connectivity index (χ2n) is 4.12. The van der Waals surface area contributed by atoms with E-state index in [1.807, 2.05) is 36.9 Å². The minimum absolute atomic E-state index is 0.0727. The van der Waals surface area contributed by atoms with Crippen molar-refractivity contribution in [2.24, 2.45) is 5.73 Å². The van der Waals surface area contributed by atoms with E-state index in [0.717, 1.165) is 15.7 Å². The van der Waals surface area contributed by atoms with Crippen molar-refractivity contribution in [3.05, 3.63) is 28.2 Å². The summed E-state index contributed by atoms with van der Waals surface area (Å²) in [6.45, 7) is 4.03. The van der Waals surface area contributed by atoms with E-state index in [0.29, 0.717) is 0 Å². The number of hydrogen-bond acceptors (Lipinski definition) is 3. The molecule has 94 valence electrons. The van der Waals surface area contributed by atoms with Crippen LogP contribution in [0.25, 0.3) is 0 Å². The fourth-order valence-electron chi connectivity index (χ4n) is 1.67. The van der Waals surface area contributed by atoms with Gasteiger partial charge in [-0.15, -0.1) is 0 Å². The van der Waals surface area contributed by atoms with E-state index in [-0.39, 0.29) is 25.1 Å². The SMILES string of the molecule is CC(C)N(CC(N)=O)c1ccc(Br)cc1CO. The Labute approximate surface area is 110 Å². The second-order valence-corrected chi connectivity index (χ2v) is 5.03. The Morgan fingerprint density at radius 3 is 2.65 bits per heavy atom. The minimum Gasteiger partial charge on any atom is -0.392 e. The van der Waals surface area contributed by atoms with Gasteiger partial charge in [-0.25, -0.2) is 0 Å². The molecule has 0 aliphatic carbocycles. The molecule has 5 heteroatoms. The van der Waals surface area contributed by atoms with Crippen molar-refractivity contribution in [1.29, 1.82) is 0 Å². The van der Waals surface area contributed by atoms with Gasteiger partial charge in [0.1, 0.15) is 0 Å². The van der Waals surface area contributed by atoms with Crippen LogP contribution in [0.5, 0.6) is 0 Å². The summed E-state index contributed by atoms with van der Waals surface area (Å²) >= 11 is 3.35. The molecule has 0 bridgehead atoms. The van der Waals surface area contributed by atoms with Gasteiger partial charge in [-0.3, -0.25) is 4.79 Å². The number of rotatable bonds is 5. The third kappa shape index (κ3) is 3.71. The monoisotopic (exact) mass is 300 g/mol. The van der Waals surface area contributed by atoms with Gasteiger partial charge in [-0.05, 0) is 32.0 Å². The second kappa shape index (κ2) is 6.02. The van der Waals surface area contributed by atoms with Gasteiger partial charge < -0.3 is 15.7 Å². The number of benzene rings is 1. The van der Waals surface area contributed by atoms with Crippen LogP contribution < -0.4 is 10.6 Å². The maximum Gasteiger partial charge on any atom is 0.236 e. The molecule has 0 unspecified atom stereocenters. The number of nitrogens with two attached hydrogens (primary N) is 1. The van der Waals surface area contributed by atoms with E-state index in [9.17, 15) is 9.90 Å². The Morgan fingerprint density at radius 2 is 2.18 bits per heavy atom. The molecule has 0 saturated heterocycles. The standard InChI is InChI=1S/C12H17BrN2O2/c1-8(2)15(6-12(14)17)11-4-3-10(13)5-9(11)7-16/h3-5,8,16H,6-7H2,1-2H3,(H2,14,17). The predicted molar refractivity (Wildman–Crippen MR) is 71.7 cm³/mol. The summed E-state index contributed by atoms with van der Waals surface area (Å²) in [5.41, 5.74) is 6.85. The number of aliphatic hydroxyl groups excluding tert-OH is 1. The van der Waals surface area contributed by atoms with E-state index in [1.54, 1.807) is 0 Å². The highest BCUT2D eigenvalue weighted by atomic mass is 79.9.